The Morgan fingerprint density at radius 3 is 1.74 bits per heavy atom. The van der Waals surface area contributed by atoms with Crippen LogP contribution in [0, 0.1) is 0 Å². The third kappa shape index (κ3) is 3.93. The van der Waals surface area contributed by atoms with Crippen LogP contribution in [0.2, 0.25) is 0 Å². The van der Waals surface area contributed by atoms with Crippen molar-refractivity contribution in [1.29, 1.82) is 0 Å². The number of methoxy groups -OCH3 is 1. The Balaban J connectivity index is 2.25. The Morgan fingerprint density at radius 2 is 1.30 bits per heavy atom. The molecule has 2 aromatic carbocycles. The van der Waals surface area contributed by atoms with Gasteiger partial charge in [-0.3, -0.25) is 9.59 Å². The van der Waals surface area contributed by atoms with E-state index >= 15 is 0 Å². The van der Waals surface area contributed by atoms with Gasteiger partial charge in [-0.1, -0.05) is 75.4 Å². The van der Waals surface area contributed by atoms with Gasteiger partial charge in [0.2, 0.25) is 0 Å². The maximum Gasteiger partial charge on any atom is 0.199 e. The van der Waals surface area contributed by atoms with Gasteiger partial charge in [0, 0.05) is 18.2 Å². The van der Waals surface area contributed by atoms with E-state index in [2.05, 4.69) is 20.8 Å². The highest BCUT2D eigenvalue weighted by Gasteiger charge is 2.28. The predicted octanol–water partition coefficient (Wildman–Crippen LogP) is 4.06. The van der Waals surface area contributed by atoms with E-state index in [1.54, 1.807) is 36.4 Å². The number of hydrogen-bond donors (Lipinski definition) is 0. The number of ether oxygens (including phenoxy) is 1. The van der Waals surface area contributed by atoms with Crippen molar-refractivity contribution in [2.75, 3.05) is 7.11 Å². The van der Waals surface area contributed by atoms with Crippen molar-refractivity contribution in [2.24, 2.45) is 0 Å². The molecule has 3 nitrogen and oxygen atoms in total. The van der Waals surface area contributed by atoms with Crippen LogP contribution in [0.15, 0.2) is 54.6 Å². The van der Waals surface area contributed by atoms with E-state index in [9.17, 15) is 9.59 Å². The fraction of sp³-hybridized carbons (Fsp3) is 0.300. The van der Waals surface area contributed by atoms with Crippen LogP contribution in [0.3, 0.4) is 0 Å². The maximum atomic E-state index is 12.6. The molecule has 120 valence electrons. The largest absolute Gasteiger partial charge is 0.365 e. The second-order valence-electron chi connectivity index (χ2n) is 6.54. The van der Waals surface area contributed by atoms with Crippen molar-refractivity contribution in [2.45, 2.75) is 32.3 Å². The summed E-state index contributed by atoms with van der Waals surface area (Å²) in [4.78, 5) is 25.1. The second-order valence-corrected chi connectivity index (χ2v) is 6.54. The van der Waals surface area contributed by atoms with Crippen LogP contribution in [0.5, 0.6) is 0 Å². The van der Waals surface area contributed by atoms with Crippen molar-refractivity contribution >= 4 is 11.6 Å². The Hall–Kier alpha value is -2.26. The van der Waals surface area contributed by atoms with Gasteiger partial charge in [0.05, 0.1) is 0 Å². The summed E-state index contributed by atoms with van der Waals surface area (Å²) in [7, 11) is 1.38. The first-order valence-electron chi connectivity index (χ1n) is 7.61. The van der Waals surface area contributed by atoms with Crippen LogP contribution < -0.4 is 0 Å². The molecule has 0 N–H and O–H groups in total. The molecule has 2 aromatic rings. The number of carbonyl (C=O) groups is 2. The summed E-state index contributed by atoms with van der Waals surface area (Å²) in [5, 5.41) is 0. The summed E-state index contributed by atoms with van der Waals surface area (Å²) >= 11 is 0. The molecule has 23 heavy (non-hydrogen) atoms. The molecule has 0 heterocycles. The van der Waals surface area contributed by atoms with Gasteiger partial charge in [-0.2, -0.15) is 0 Å². The highest BCUT2D eigenvalue weighted by molar-refractivity contribution is 6.18. The predicted molar refractivity (Wildman–Crippen MR) is 91.0 cm³/mol. The molecule has 0 aliphatic heterocycles. The van der Waals surface area contributed by atoms with Crippen molar-refractivity contribution in [3.8, 4) is 0 Å². The monoisotopic (exact) mass is 310 g/mol. The van der Waals surface area contributed by atoms with Gasteiger partial charge in [-0.25, -0.2) is 0 Å². The van der Waals surface area contributed by atoms with Crippen LogP contribution in [-0.4, -0.2) is 24.8 Å². The Morgan fingerprint density at radius 1 is 0.826 bits per heavy atom. The minimum Gasteiger partial charge on any atom is -0.365 e. The SMILES string of the molecule is COC(C(=O)c1ccccc1)C(=O)c1ccc(C(C)(C)C)cc1. The lowest BCUT2D eigenvalue weighted by Crippen LogP contribution is -2.32. The standard InChI is InChI=1S/C20H22O3/c1-20(2,3)16-12-10-15(11-13-16)18(22)19(23-4)17(21)14-8-6-5-7-9-14/h5-13,19H,1-4H3. The van der Waals surface area contributed by atoms with E-state index in [1.807, 2.05) is 18.2 Å². The molecule has 1 atom stereocenters. The average Bonchev–Trinajstić information content (AvgIpc) is 2.55. The van der Waals surface area contributed by atoms with Gasteiger partial charge >= 0.3 is 0 Å². The minimum absolute atomic E-state index is 0.0160. The lowest BCUT2D eigenvalue weighted by molar-refractivity contribution is 0.0513. The van der Waals surface area contributed by atoms with Crippen LogP contribution in [0.25, 0.3) is 0 Å². The second kappa shape index (κ2) is 6.88. The van der Waals surface area contributed by atoms with E-state index in [-0.39, 0.29) is 17.0 Å². The van der Waals surface area contributed by atoms with Gasteiger partial charge < -0.3 is 4.74 Å². The van der Waals surface area contributed by atoms with Gasteiger partial charge in [-0.15, -0.1) is 0 Å². The van der Waals surface area contributed by atoms with Gasteiger partial charge in [0.15, 0.2) is 17.7 Å². The molecule has 0 fully saturated rings. The third-order valence-corrected chi connectivity index (χ3v) is 3.81. The number of carbonyl (C=O) groups excluding carboxylic acids is 2. The van der Waals surface area contributed by atoms with Crippen LogP contribution in [0.4, 0.5) is 0 Å². The summed E-state index contributed by atoms with van der Waals surface area (Å²) in [5.74, 6) is -0.639. The van der Waals surface area contributed by atoms with E-state index in [0.29, 0.717) is 11.1 Å². The van der Waals surface area contributed by atoms with Crippen LogP contribution >= 0.6 is 0 Å². The molecule has 0 spiro atoms. The van der Waals surface area contributed by atoms with Crippen molar-refractivity contribution in [1.82, 2.24) is 0 Å². The van der Waals surface area contributed by atoms with E-state index in [1.165, 1.54) is 7.11 Å². The molecule has 2 rings (SSSR count). The maximum absolute atomic E-state index is 12.6. The van der Waals surface area contributed by atoms with Crippen LogP contribution in [0.1, 0.15) is 47.1 Å². The number of rotatable bonds is 5. The molecule has 0 saturated heterocycles. The average molecular weight is 310 g/mol. The minimum atomic E-state index is -1.11. The summed E-state index contributed by atoms with van der Waals surface area (Å²) in [6.45, 7) is 6.34. The zero-order valence-corrected chi connectivity index (χ0v) is 14.0. The Kier molecular flexibility index (Phi) is 5.12. The van der Waals surface area contributed by atoms with Crippen LogP contribution in [-0.2, 0) is 10.2 Å². The lowest BCUT2D eigenvalue weighted by Gasteiger charge is -2.19. The molecule has 0 bridgehead atoms. The number of hydrogen-bond acceptors (Lipinski definition) is 3. The number of benzene rings is 2. The van der Waals surface area contributed by atoms with Crippen molar-refractivity contribution in [3.05, 3.63) is 71.3 Å². The molecule has 1 unspecified atom stereocenters. The van der Waals surface area contributed by atoms with E-state index in [0.717, 1.165) is 5.56 Å². The molecule has 0 aromatic heterocycles. The summed E-state index contributed by atoms with van der Waals surface area (Å²) < 4.78 is 5.18. The molecule has 0 amide bonds. The van der Waals surface area contributed by atoms with E-state index < -0.39 is 6.10 Å². The highest BCUT2D eigenvalue weighted by atomic mass is 16.5. The smallest absolute Gasteiger partial charge is 0.199 e. The first-order chi connectivity index (χ1) is 10.8. The Labute approximate surface area is 137 Å². The lowest BCUT2D eigenvalue weighted by atomic mass is 9.86. The quantitative estimate of drug-likeness (QED) is 0.618. The zero-order chi connectivity index (χ0) is 17.0. The molecular weight excluding hydrogens is 288 g/mol. The molecule has 0 aliphatic carbocycles. The molecule has 3 heteroatoms. The van der Waals surface area contributed by atoms with Crippen molar-refractivity contribution in [3.63, 3.8) is 0 Å². The normalized spacial score (nSPS) is 12.7. The molecule has 0 radical (unpaired) electrons. The van der Waals surface area contributed by atoms with E-state index in [4.69, 9.17) is 4.74 Å². The Bertz CT molecular complexity index is 679. The topological polar surface area (TPSA) is 43.4 Å². The zero-order valence-electron chi connectivity index (χ0n) is 14.0. The van der Waals surface area contributed by atoms with Gasteiger partial charge in [0.25, 0.3) is 0 Å². The first kappa shape index (κ1) is 17.1. The van der Waals surface area contributed by atoms with Gasteiger partial charge in [0.1, 0.15) is 0 Å². The fourth-order valence-corrected chi connectivity index (χ4v) is 2.37. The summed E-state index contributed by atoms with van der Waals surface area (Å²) in [6, 6.07) is 16.1. The third-order valence-electron chi connectivity index (χ3n) is 3.81. The molecule has 0 saturated carbocycles. The number of Topliss-reactive ketones (excluding diaryl/α,β-unsaturated/α-hetero) is 2. The molecular formula is C20H22O3. The van der Waals surface area contributed by atoms with Crippen molar-refractivity contribution < 1.29 is 14.3 Å². The highest BCUT2D eigenvalue weighted by Crippen LogP contribution is 2.23. The van der Waals surface area contributed by atoms with Gasteiger partial charge in [-0.05, 0) is 11.0 Å². The summed E-state index contributed by atoms with van der Waals surface area (Å²) in [6.07, 6.45) is -1.11. The number of ketones is 2. The summed E-state index contributed by atoms with van der Waals surface area (Å²) in [5.41, 5.74) is 2.10. The fourth-order valence-electron chi connectivity index (χ4n) is 2.37. The first-order valence-corrected chi connectivity index (χ1v) is 7.61. The molecule has 0 aliphatic rings.